The number of methoxy groups -OCH3 is 1. The van der Waals surface area contributed by atoms with E-state index in [0.717, 1.165) is 37.2 Å². The van der Waals surface area contributed by atoms with Crippen LogP contribution in [0.4, 0.5) is 4.79 Å². The van der Waals surface area contributed by atoms with Crippen molar-refractivity contribution in [1.82, 2.24) is 9.80 Å². The van der Waals surface area contributed by atoms with Gasteiger partial charge in [0.05, 0.1) is 25.4 Å². The van der Waals surface area contributed by atoms with E-state index in [4.69, 9.17) is 14.2 Å². The summed E-state index contributed by atoms with van der Waals surface area (Å²) in [7, 11) is 1.61. The van der Waals surface area contributed by atoms with Crippen LogP contribution in [0.2, 0.25) is 0 Å². The van der Waals surface area contributed by atoms with Crippen molar-refractivity contribution in [2.24, 2.45) is 0 Å². The van der Waals surface area contributed by atoms with Gasteiger partial charge in [0, 0.05) is 38.3 Å². The van der Waals surface area contributed by atoms with Gasteiger partial charge in [-0.15, -0.1) is 0 Å². The fourth-order valence-corrected chi connectivity index (χ4v) is 3.74. The highest BCUT2D eigenvalue weighted by atomic mass is 16.6. The zero-order valence-electron chi connectivity index (χ0n) is 17.2. The topological polar surface area (TPSA) is 75.0 Å². The number of carbonyl (C=O) groups is 1. The van der Waals surface area contributed by atoms with Gasteiger partial charge in [0.25, 0.3) is 0 Å². The van der Waals surface area contributed by atoms with E-state index in [1.54, 1.807) is 18.1 Å². The van der Waals surface area contributed by atoms with E-state index in [1.165, 1.54) is 0 Å². The normalized spacial score (nSPS) is 20.2. The molecule has 0 spiro atoms. The van der Waals surface area contributed by atoms with Crippen molar-refractivity contribution in [3.8, 4) is 11.8 Å². The minimum absolute atomic E-state index is 0.0570. The van der Waals surface area contributed by atoms with E-state index in [-0.39, 0.29) is 12.2 Å². The molecule has 3 rings (SSSR count). The van der Waals surface area contributed by atoms with E-state index in [9.17, 15) is 10.1 Å². The lowest BCUT2D eigenvalue weighted by molar-refractivity contribution is -0.00677. The number of piperazine rings is 1. The quantitative estimate of drug-likeness (QED) is 0.794. The highest BCUT2D eigenvalue weighted by Crippen LogP contribution is 2.36. The maximum Gasteiger partial charge on any atom is 0.410 e. The minimum atomic E-state index is -0.477. The number of benzene rings is 1. The third kappa shape index (κ3) is 4.57. The molecule has 0 aliphatic carbocycles. The molecule has 152 valence electrons. The maximum atomic E-state index is 12.2. The summed E-state index contributed by atoms with van der Waals surface area (Å²) in [5.74, 6) is 0.669. The Morgan fingerprint density at radius 1 is 1.29 bits per heavy atom. The van der Waals surface area contributed by atoms with Crippen molar-refractivity contribution in [1.29, 1.82) is 5.26 Å². The summed E-state index contributed by atoms with van der Waals surface area (Å²) in [5, 5.41) is 9.31. The summed E-state index contributed by atoms with van der Waals surface area (Å²) in [6, 6.07) is 5.99. The molecule has 1 aromatic carbocycles. The lowest BCUT2D eigenvalue weighted by atomic mass is 9.93. The molecule has 1 fully saturated rings. The Balaban J connectivity index is 1.63. The Morgan fingerprint density at radius 2 is 2.00 bits per heavy atom. The molecule has 0 saturated carbocycles. The second kappa shape index (κ2) is 8.38. The van der Waals surface area contributed by atoms with Crippen LogP contribution in [-0.2, 0) is 15.9 Å². The van der Waals surface area contributed by atoms with Crippen molar-refractivity contribution >= 4 is 6.09 Å². The van der Waals surface area contributed by atoms with E-state index < -0.39 is 5.60 Å². The lowest BCUT2D eigenvalue weighted by Gasteiger charge is -2.38. The number of ether oxygens (including phenoxy) is 3. The summed E-state index contributed by atoms with van der Waals surface area (Å²) in [6.07, 6.45) is 0.440. The van der Waals surface area contributed by atoms with Gasteiger partial charge in [-0.2, -0.15) is 5.26 Å². The van der Waals surface area contributed by atoms with Gasteiger partial charge < -0.3 is 19.1 Å². The molecule has 2 aliphatic rings. The molecule has 2 heterocycles. The Labute approximate surface area is 166 Å². The third-order valence-electron chi connectivity index (χ3n) is 5.09. The average molecular weight is 387 g/mol. The molecule has 28 heavy (non-hydrogen) atoms. The second-order valence-electron chi connectivity index (χ2n) is 8.20. The number of rotatable bonds is 3. The summed E-state index contributed by atoms with van der Waals surface area (Å²) in [6.45, 7) is 9.85. The van der Waals surface area contributed by atoms with Crippen LogP contribution in [0.15, 0.2) is 12.1 Å². The standard InChI is InChI=1S/C21H29N3O4/c1-21(2,3)28-20(25)24-10-8-23(9-11-24)14-18-16-6-5-15(13-22)19(26-4)17(16)7-12-27-18/h5-6,18H,7-12,14H2,1-4H3/t18-/m0/s1. The smallest absolute Gasteiger partial charge is 0.410 e. The number of fused-ring (bicyclic) bond motifs is 1. The molecule has 1 amide bonds. The zero-order chi connectivity index (χ0) is 20.3. The Bertz CT molecular complexity index is 758. The monoisotopic (exact) mass is 387 g/mol. The number of hydrogen-bond donors (Lipinski definition) is 0. The van der Waals surface area contributed by atoms with E-state index >= 15 is 0 Å². The first kappa shape index (κ1) is 20.4. The third-order valence-corrected chi connectivity index (χ3v) is 5.09. The Morgan fingerprint density at radius 3 is 2.61 bits per heavy atom. The minimum Gasteiger partial charge on any atom is -0.495 e. The molecular weight excluding hydrogens is 358 g/mol. The van der Waals surface area contributed by atoms with Crippen molar-refractivity contribution in [2.75, 3.05) is 46.4 Å². The number of nitrogens with zero attached hydrogens (tertiary/aromatic N) is 3. The first-order valence-corrected chi connectivity index (χ1v) is 9.74. The van der Waals surface area contributed by atoms with E-state index in [2.05, 4.69) is 11.0 Å². The van der Waals surface area contributed by atoms with Gasteiger partial charge in [-0.25, -0.2) is 4.79 Å². The second-order valence-corrected chi connectivity index (χ2v) is 8.20. The Kier molecular flexibility index (Phi) is 6.11. The summed E-state index contributed by atoms with van der Waals surface area (Å²) in [5.41, 5.74) is 2.25. The van der Waals surface area contributed by atoms with Crippen molar-refractivity contribution in [2.45, 2.75) is 38.9 Å². The number of amides is 1. The molecule has 7 nitrogen and oxygen atoms in total. The largest absolute Gasteiger partial charge is 0.495 e. The van der Waals surface area contributed by atoms with Gasteiger partial charge in [0.1, 0.15) is 17.4 Å². The van der Waals surface area contributed by atoms with Gasteiger partial charge in [0.15, 0.2) is 0 Å². The van der Waals surface area contributed by atoms with Gasteiger partial charge in [-0.05, 0) is 38.8 Å². The molecule has 0 aromatic heterocycles. The fraction of sp³-hybridized carbons (Fsp3) is 0.619. The van der Waals surface area contributed by atoms with Crippen molar-refractivity contribution in [3.63, 3.8) is 0 Å². The molecular formula is C21H29N3O4. The van der Waals surface area contributed by atoms with Crippen LogP contribution in [0.3, 0.4) is 0 Å². The molecule has 2 aliphatic heterocycles. The maximum absolute atomic E-state index is 12.2. The number of carbonyl (C=O) groups excluding carboxylic acids is 1. The molecule has 0 radical (unpaired) electrons. The highest BCUT2D eigenvalue weighted by molar-refractivity contribution is 5.68. The summed E-state index contributed by atoms with van der Waals surface area (Å²) < 4.78 is 17.0. The van der Waals surface area contributed by atoms with Gasteiger partial charge in [-0.3, -0.25) is 4.90 Å². The van der Waals surface area contributed by atoms with Crippen LogP contribution in [0.25, 0.3) is 0 Å². The van der Waals surface area contributed by atoms with Crippen LogP contribution in [0.5, 0.6) is 5.75 Å². The summed E-state index contributed by atoms with van der Waals surface area (Å²) >= 11 is 0. The van der Waals surface area contributed by atoms with Crippen LogP contribution in [0.1, 0.15) is 43.6 Å². The predicted octanol–water partition coefficient (Wildman–Crippen LogP) is 2.73. The first-order chi connectivity index (χ1) is 13.3. The van der Waals surface area contributed by atoms with Gasteiger partial charge in [-0.1, -0.05) is 6.07 Å². The molecule has 1 saturated heterocycles. The lowest BCUT2D eigenvalue weighted by Crippen LogP contribution is -2.51. The summed E-state index contributed by atoms with van der Waals surface area (Å²) in [4.78, 5) is 16.3. The fourth-order valence-electron chi connectivity index (χ4n) is 3.74. The van der Waals surface area contributed by atoms with Crippen LogP contribution in [-0.4, -0.2) is 67.9 Å². The van der Waals surface area contributed by atoms with Crippen molar-refractivity contribution < 1.29 is 19.0 Å². The molecule has 0 unspecified atom stereocenters. The van der Waals surface area contributed by atoms with Crippen LogP contribution >= 0.6 is 0 Å². The van der Waals surface area contributed by atoms with E-state index in [0.29, 0.717) is 31.0 Å². The van der Waals surface area contributed by atoms with E-state index in [1.807, 2.05) is 26.8 Å². The predicted molar refractivity (Wildman–Crippen MR) is 104 cm³/mol. The molecule has 1 aromatic rings. The van der Waals surface area contributed by atoms with Crippen molar-refractivity contribution in [3.05, 3.63) is 28.8 Å². The molecule has 1 atom stereocenters. The Hall–Kier alpha value is -2.30. The average Bonchev–Trinajstić information content (AvgIpc) is 2.66. The number of hydrogen-bond acceptors (Lipinski definition) is 6. The van der Waals surface area contributed by atoms with Gasteiger partial charge >= 0.3 is 6.09 Å². The zero-order valence-corrected chi connectivity index (χ0v) is 17.2. The molecule has 0 bridgehead atoms. The van der Waals surface area contributed by atoms with Gasteiger partial charge in [0.2, 0.25) is 0 Å². The molecule has 7 heteroatoms. The SMILES string of the molecule is COc1c(C#N)ccc2c1CCO[C@H]2CN1CCN(C(=O)OC(C)(C)C)CC1. The highest BCUT2D eigenvalue weighted by Gasteiger charge is 2.30. The first-order valence-electron chi connectivity index (χ1n) is 9.74. The molecule has 0 N–H and O–H groups in total. The van der Waals surface area contributed by atoms with Crippen LogP contribution < -0.4 is 4.74 Å². The number of nitriles is 1. The van der Waals surface area contributed by atoms with Crippen LogP contribution in [0, 0.1) is 11.3 Å².